The van der Waals surface area contributed by atoms with Gasteiger partial charge in [-0.05, 0) is 41.0 Å². The standard InChI is InChI=1S/C25H32O11/c1-32-16-6-11(4-5-14(16)27)20-13-9-15(28)17(33-2)7-12(13)8-18(34-3)24(20)36-25-23(31)22(30)21(29)19(10-26)35-25/h4-7,9,18-31H,8,10H2,1-3H3/t18-,19+,20+,21+,22-,23+,24+,25-/m0/s1. The summed E-state index contributed by atoms with van der Waals surface area (Å²) >= 11 is 0. The zero-order valence-electron chi connectivity index (χ0n) is 20.1. The molecule has 11 nitrogen and oxygen atoms in total. The molecule has 0 bridgehead atoms. The minimum atomic E-state index is -1.61. The first-order valence-electron chi connectivity index (χ1n) is 11.5. The summed E-state index contributed by atoms with van der Waals surface area (Å²) < 4.78 is 28.2. The molecule has 0 unspecified atom stereocenters. The summed E-state index contributed by atoms with van der Waals surface area (Å²) in [5.41, 5.74) is 2.15. The van der Waals surface area contributed by atoms with Crippen molar-refractivity contribution in [2.45, 2.75) is 55.3 Å². The molecule has 11 heteroatoms. The van der Waals surface area contributed by atoms with E-state index < -0.39 is 55.4 Å². The van der Waals surface area contributed by atoms with Gasteiger partial charge in [-0.1, -0.05) is 6.07 Å². The third-order valence-corrected chi connectivity index (χ3v) is 6.90. The Morgan fingerprint density at radius 3 is 2.22 bits per heavy atom. The molecule has 1 saturated heterocycles. The van der Waals surface area contributed by atoms with Gasteiger partial charge in [0.05, 0.1) is 33.0 Å². The van der Waals surface area contributed by atoms with Gasteiger partial charge in [0.15, 0.2) is 29.3 Å². The lowest BCUT2D eigenvalue weighted by Gasteiger charge is -2.45. The van der Waals surface area contributed by atoms with Crippen LogP contribution >= 0.6 is 0 Å². The van der Waals surface area contributed by atoms with Crippen molar-refractivity contribution in [1.29, 1.82) is 0 Å². The van der Waals surface area contributed by atoms with E-state index in [-0.39, 0.29) is 17.2 Å². The maximum absolute atomic E-state index is 10.6. The van der Waals surface area contributed by atoms with Gasteiger partial charge in [-0.3, -0.25) is 0 Å². The minimum absolute atomic E-state index is 0.0652. The van der Waals surface area contributed by atoms with Gasteiger partial charge in [-0.2, -0.15) is 0 Å². The van der Waals surface area contributed by atoms with Crippen LogP contribution in [-0.2, 0) is 20.6 Å². The highest BCUT2D eigenvalue weighted by molar-refractivity contribution is 5.54. The molecule has 1 heterocycles. The van der Waals surface area contributed by atoms with Crippen LogP contribution in [0.25, 0.3) is 0 Å². The topological polar surface area (TPSA) is 168 Å². The van der Waals surface area contributed by atoms with Crippen LogP contribution in [0.2, 0.25) is 0 Å². The van der Waals surface area contributed by atoms with Gasteiger partial charge >= 0.3 is 0 Å². The molecular formula is C25H32O11. The summed E-state index contributed by atoms with van der Waals surface area (Å²) in [5.74, 6) is -0.256. The van der Waals surface area contributed by atoms with Crippen molar-refractivity contribution in [3.63, 3.8) is 0 Å². The molecule has 2 aromatic carbocycles. The predicted molar refractivity (Wildman–Crippen MR) is 124 cm³/mol. The zero-order chi connectivity index (χ0) is 26.1. The maximum Gasteiger partial charge on any atom is 0.187 e. The number of hydrogen-bond donors (Lipinski definition) is 6. The van der Waals surface area contributed by atoms with Crippen LogP contribution < -0.4 is 9.47 Å². The minimum Gasteiger partial charge on any atom is -0.504 e. The molecule has 0 amide bonds. The number of rotatable bonds is 7. The van der Waals surface area contributed by atoms with E-state index in [0.29, 0.717) is 23.3 Å². The number of fused-ring (bicyclic) bond motifs is 1. The molecule has 1 fully saturated rings. The second-order valence-electron chi connectivity index (χ2n) is 8.91. The van der Waals surface area contributed by atoms with E-state index in [0.717, 1.165) is 5.56 Å². The van der Waals surface area contributed by atoms with E-state index >= 15 is 0 Å². The monoisotopic (exact) mass is 508 g/mol. The van der Waals surface area contributed by atoms with E-state index in [1.165, 1.54) is 27.4 Å². The van der Waals surface area contributed by atoms with Crippen molar-refractivity contribution in [2.24, 2.45) is 0 Å². The summed E-state index contributed by atoms with van der Waals surface area (Å²) in [6, 6.07) is 8.06. The Kier molecular flexibility index (Phi) is 7.90. The molecule has 2 aliphatic rings. The summed E-state index contributed by atoms with van der Waals surface area (Å²) in [6.07, 6.45) is -8.36. The summed E-state index contributed by atoms with van der Waals surface area (Å²) in [4.78, 5) is 0. The summed E-state index contributed by atoms with van der Waals surface area (Å²) in [5, 5.41) is 61.3. The Bertz CT molecular complexity index is 1060. The number of aliphatic hydroxyl groups excluding tert-OH is 4. The first-order chi connectivity index (χ1) is 17.2. The molecule has 4 rings (SSSR count). The average Bonchev–Trinajstić information content (AvgIpc) is 2.88. The molecule has 2 aromatic rings. The fourth-order valence-corrected chi connectivity index (χ4v) is 4.96. The summed E-state index contributed by atoms with van der Waals surface area (Å²) in [6.45, 7) is -0.599. The molecule has 6 N–H and O–H groups in total. The molecule has 0 aromatic heterocycles. The molecule has 0 radical (unpaired) electrons. The SMILES string of the molecule is COc1cc([C@@H]2c3cc(O)c(OC)cc3C[C@H](OC)[C@H]2O[C@@H]2O[C@H](CO)[C@@H](O)[C@H](O)[C@H]2O)ccc1O. The third-order valence-electron chi connectivity index (χ3n) is 6.90. The lowest BCUT2D eigenvalue weighted by molar-refractivity contribution is -0.319. The molecule has 0 spiro atoms. The molecular weight excluding hydrogens is 476 g/mol. The Balaban J connectivity index is 1.81. The van der Waals surface area contributed by atoms with Gasteiger partial charge in [-0.25, -0.2) is 0 Å². The quantitative estimate of drug-likeness (QED) is 0.298. The van der Waals surface area contributed by atoms with Crippen LogP contribution in [0.3, 0.4) is 0 Å². The number of methoxy groups -OCH3 is 3. The van der Waals surface area contributed by atoms with E-state index in [4.69, 9.17) is 23.7 Å². The number of aromatic hydroxyl groups is 2. The van der Waals surface area contributed by atoms with Gasteiger partial charge in [-0.15, -0.1) is 0 Å². The van der Waals surface area contributed by atoms with Crippen molar-refractivity contribution >= 4 is 0 Å². The zero-order valence-corrected chi connectivity index (χ0v) is 20.1. The number of benzene rings is 2. The predicted octanol–water partition coefficient (Wildman–Crippen LogP) is 0.00310. The van der Waals surface area contributed by atoms with E-state index in [9.17, 15) is 30.6 Å². The second-order valence-corrected chi connectivity index (χ2v) is 8.91. The molecule has 1 aliphatic carbocycles. The van der Waals surface area contributed by atoms with Gasteiger partial charge in [0.1, 0.15) is 24.4 Å². The lowest BCUT2D eigenvalue weighted by Crippen LogP contribution is -2.60. The molecule has 198 valence electrons. The first-order valence-corrected chi connectivity index (χ1v) is 11.5. The van der Waals surface area contributed by atoms with Crippen molar-refractivity contribution < 1.29 is 54.3 Å². The first kappa shape index (κ1) is 26.4. The Morgan fingerprint density at radius 1 is 0.889 bits per heavy atom. The van der Waals surface area contributed by atoms with Crippen LogP contribution in [0.5, 0.6) is 23.0 Å². The average molecular weight is 509 g/mol. The number of hydrogen-bond acceptors (Lipinski definition) is 11. The van der Waals surface area contributed by atoms with E-state index in [1.807, 2.05) is 0 Å². The highest BCUT2D eigenvalue weighted by Gasteiger charge is 2.48. The van der Waals surface area contributed by atoms with Crippen LogP contribution in [0.4, 0.5) is 0 Å². The number of ether oxygens (including phenoxy) is 5. The van der Waals surface area contributed by atoms with Gasteiger partial charge in [0, 0.05) is 19.4 Å². The number of aliphatic hydroxyl groups is 4. The van der Waals surface area contributed by atoms with Gasteiger partial charge < -0.3 is 54.3 Å². The fraction of sp³-hybridized carbons (Fsp3) is 0.520. The van der Waals surface area contributed by atoms with Crippen LogP contribution in [0.15, 0.2) is 30.3 Å². The maximum atomic E-state index is 10.6. The van der Waals surface area contributed by atoms with Crippen molar-refractivity contribution in [3.8, 4) is 23.0 Å². The smallest absolute Gasteiger partial charge is 0.187 e. The number of phenols is 2. The van der Waals surface area contributed by atoms with E-state index in [2.05, 4.69) is 0 Å². The van der Waals surface area contributed by atoms with Gasteiger partial charge in [0.25, 0.3) is 0 Å². The van der Waals surface area contributed by atoms with Crippen molar-refractivity contribution in [3.05, 3.63) is 47.0 Å². The van der Waals surface area contributed by atoms with Crippen molar-refractivity contribution in [1.82, 2.24) is 0 Å². The van der Waals surface area contributed by atoms with E-state index in [1.54, 1.807) is 24.3 Å². The number of phenolic OH excluding ortho intramolecular Hbond substituents is 2. The highest BCUT2D eigenvalue weighted by Crippen LogP contribution is 2.46. The molecule has 36 heavy (non-hydrogen) atoms. The van der Waals surface area contributed by atoms with Crippen molar-refractivity contribution in [2.75, 3.05) is 27.9 Å². The molecule has 8 atom stereocenters. The van der Waals surface area contributed by atoms with Crippen LogP contribution in [0.1, 0.15) is 22.6 Å². The second kappa shape index (κ2) is 10.8. The molecule has 1 aliphatic heterocycles. The fourth-order valence-electron chi connectivity index (χ4n) is 4.96. The Morgan fingerprint density at radius 2 is 1.58 bits per heavy atom. The highest BCUT2D eigenvalue weighted by atomic mass is 16.7. The molecule has 0 saturated carbocycles. The lowest BCUT2D eigenvalue weighted by atomic mass is 9.75. The Hall–Kier alpha value is -2.64. The van der Waals surface area contributed by atoms with Crippen LogP contribution in [-0.4, -0.2) is 101 Å². The third kappa shape index (κ3) is 4.71. The normalized spacial score (nSPS) is 32.1. The Labute approximate surface area is 208 Å². The van der Waals surface area contributed by atoms with Gasteiger partial charge in [0.2, 0.25) is 0 Å². The largest absolute Gasteiger partial charge is 0.504 e. The van der Waals surface area contributed by atoms with Crippen LogP contribution in [0, 0.1) is 0 Å². The summed E-state index contributed by atoms with van der Waals surface area (Å²) in [7, 11) is 4.38.